The molecule has 1 aromatic heterocycles. The van der Waals surface area contributed by atoms with E-state index >= 15 is 0 Å². The fourth-order valence-corrected chi connectivity index (χ4v) is 6.09. The number of amides is 4. The zero-order valence-corrected chi connectivity index (χ0v) is 24.8. The summed E-state index contributed by atoms with van der Waals surface area (Å²) in [5.74, 6) is -1.67. The van der Waals surface area contributed by atoms with Crippen LogP contribution in [-0.4, -0.2) is 64.7 Å². The SMILES string of the molecule is NCCCC[C@H](NC(=O)[C@@H]1CCCN1C(=O)Cc1cccc2ccccc12)C(=O)N[C@@H](Cc1c[nH]c2ccccc12)C(N)=O. The number of benzene rings is 3. The standard InChI is InChI=1S/C34H40N6O4/c35-17-6-5-15-28(33(43)39-29(32(36)42)19-24-21-37-27-14-4-3-13-26(24)27)38-34(44)30-16-8-18-40(30)31(41)20-23-11-7-10-22-9-1-2-12-25(22)23/h1-4,7,9-14,21,28-30,37H,5-6,8,15-20,35H2,(H2,36,42)(H,38,44)(H,39,43)/t28-,29-,30-/m0/s1. The molecular formula is C34H40N6O4. The number of primary amides is 1. The topological polar surface area (TPSA) is 163 Å². The first kappa shape index (κ1) is 30.7. The molecule has 44 heavy (non-hydrogen) atoms. The number of aromatic nitrogens is 1. The van der Waals surface area contributed by atoms with Gasteiger partial charge in [-0.25, -0.2) is 0 Å². The Bertz CT molecular complexity index is 1640. The maximum atomic E-state index is 13.6. The van der Waals surface area contributed by atoms with Crippen molar-refractivity contribution in [3.63, 3.8) is 0 Å². The van der Waals surface area contributed by atoms with E-state index in [4.69, 9.17) is 11.5 Å². The van der Waals surface area contributed by atoms with E-state index in [2.05, 4.69) is 15.6 Å². The van der Waals surface area contributed by atoms with Crippen molar-refractivity contribution in [2.24, 2.45) is 11.5 Å². The van der Waals surface area contributed by atoms with Crippen LogP contribution >= 0.6 is 0 Å². The number of rotatable bonds is 13. The molecule has 7 N–H and O–H groups in total. The van der Waals surface area contributed by atoms with Gasteiger partial charge in [0.05, 0.1) is 6.42 Å². The van der Waals surface area contributed by atoms with Gasteiger partial charge in [0.15, 0.2) is 0 Å². The highest BCUT2D eigenvalue weighted by Gasteiger charge is 2.36. The molecule has 0 aliphatic carbocycles. The van der Waals surface area contributed by atoms with Crippen molar-refractivity contribution < 1.29 is 19.2 Å². The largest absolute Gasteiger partial charge is 0.368 e. The summed E-state index contributed by atoms with van der Waals surface area (Å²) in [6.45, 7) is 0.923. The minimum absolute atomic E-state index is 0.129. The van der Waals surface area contributed by atoms with Gasteiger partial charge in [-0.1, -0.05) is 60.7 Å². The number of likely N-dealkylation sites (tertiary alicyclic amines) is 1. The monoisotopic (exact) mass is 596 g/mol. The Morgan fingerprint density at radius 3 is 2.43 bits per heavy atom. The predicted molar refractivity (Wildman–Crippen MR) is 170 cm³/mol. The molecule has 0 saturated carbocycles. The van der Waals surface area contributed by atoms with E-state index in [0.29, 0.717) is 45.2 Å². The highest BCUT2D eigenvalue weighted by atomic mass is 16.2. The van der Waals surface area contributed by atoms with Crippen LogP contribution in [0.3, 0.4) is 0 Å². The van der Waals surface area contributed by atoms with Crippen molar-refractivity contribution in [3.05, 3.63) is 84.1 Å². The van der Waals surface area contributed by atoms with Gasteiger partial charge in [0.2, 0.25) is 23.6 Å². The van der Waals surface area contributed by atoms with Crippen LogP contribution in [0.4, 0.5) is 0 Å². The fourth-order valence-electron chi connectivity index (χ4n) is 6.09. The Kier molecular flexibility index (Phi) is 9.91. The van der Waals surface area contributed by atoms with Crippen LogP contribution in [0.25, 0.3) is 21.7 Å². The summed E-state index contributed by atoms with van der Waals surface area (Å²) in [7, 11) is 0. The van der Waals surface area contributed by atoms with E-state index in [1.807, 2.05) is 66.7 Å². The Labute approximate surface area is 256 Å². The molecule has 0 spiro atoms. The van der Waals surface area contributed by atoms with Gasteiger partial charge >= 0.3 is 0 Å². The van der Waals surface area contributed by atoms with E-state index in [1.54, 1.807) is 11.1 Å². The van der Waals surface area contributed by atoms with Gasteiger partial charge in [0, 0.05) is 30.1 Å². The average Bonchev–Trinajstić information content (AvgIpc) is 3.68. The van der Waals surface area contributed by atoms with Gasteiger partial charge in [-0.3, -0.25) is 19.2 Å². The van der Waals surface area contributed by atoms with E-state index in [-0.39, 0.29) is 24.7 Å². The highest BCUT2D eigenvalue weighted by molar-refractivity contribution is 5.96. The van der Waals surface area contributed by atoms with Gasteiger partial charge in [0.1, 0.15) is 18.1 Å². The number of carbonyl (C=O) groups excluding carboxylic acids is 4. The number of carbonyl (C=O) groups is 4. The lowest BCUT2D eigenvalue weighted by Crippen LogP contribution is -2.56. The third-order valence-corrected chi connectivity index (χ3v) is 8.44. The molecule has 0 unspecified atom stereocenters. The van der Waals surface area contributed by atoms with Crippen molar-refractivity contribution >= 4 is 45.3 Å². The molecule has 4 amide bonds. The van der Waals surface area contributed by atoms with Crippen LogP contribution in [-0.2, 0) is 32.0 Å². The number of hydrogen-bond acceptors (Lipinski definition) is 5. The molecule has 10 heteroatoms. The third-order valence-electron chi connectivity index (χ3n) is 8.44. The lowest BCUT2D eigenvalue weighted by atomic mass is 10.0. The van der Waals surface area contributed by atoms with Crippen LogP contribution in [0.2, 0.25) is 0 Å². The van der Waals surface area contributed by atoms with E-state index in [0.717, 1.165) is 32.8 Å². The van der Waals surface area contributed by atoms with Crippen LogP contribution < -0.4 is 22.1 Å². The lowest BCUT2D eigenvalue weighted by molar-refractivity contribution is -0.139. The van der Waals surface area contributed by atoms with Crippen LogP contribution in [0.1, 0.15) is 43.2 Å². The molecule has 1 aliphatic rings. The first-order valence-electron chi connectivity index (χ1n) is 15.3. The Morgan fingerprint density at radius 2 is 1.64 bits per heavy atom. The third kappa shape index (κ3) is 7.08. The number of nitrogens with one attached hydrogen (secondary N) is 3. The van der Waals surface area contributed by atoms with Crippen molar-refractivity contribution in [1.82, 2.24) is 20.5 Å². The van der Waals surface area contributed by atoms with E-state index in [1.165, 1.54) is 0 Å². The van der Waals surface area contributed by atoms with Gasteiger partial charge in [-0.05, 0) is 66.6 Å². The number of hydrogen-bond donors (Lipinski definition) is 5. The van der Waals surface area contributed by atoms with Crippen molar-refractivity contribution in [2.45, 2.75) is 63.1 Å². The summed E-state index contributed by atoms with van der Waals surface area (Å²) in [4.78, 5) is 57.8. The number of para-hydroxylation sites is 1. The summed E-state index contributed by atoms with van der Waals surface area (Å²) in [6, 6.07) is 18.9. The maximum absolute atomic E-state index is 13.6. The lowest BCUT2D eigenvalue weighted by Gasteiger charge is -2.27. The highest BCUT2D eigenvalue weighted by Crippen LogP contribution is 2.24. The van der Waals surface area contributed by atoms with Gasteiger partial charge in [-0.15, -0.1) is 0 Å². The smallest absolute Gasteiger partial charge is 0.243 e. The fraction of sp³-hybridized carbons (Fsp3) is 0.353. The molecule has 2 heterocycles. The zero-order valence-electron chi connectivity index (χ0n) is 24.8. The molecule has 0 radical (unpaired) electrons. The number of nitrogens with zero attached hydrogens (tertiary/aromatic N) is 1. The van der Waals surface area contributed by atoms with E-state index < -0.39 is 29.9 Å². The molecule has 1 saturated heterocycles. The number of H-pyrrole nitrogens is 1. The number of unbranched alkanes of at least 4 members (excludes halogenated alkanes) is 1. The second-order valence-corrected chi connectivity index (χ2v) is 11.4. The van der Waals surface area contributed by atoms with Gasteiger partial charge in [-0.2, -0.15) is 0 Å². The Morgan fingerprint density at radius 1 is 0.886 bits per heavy atom. The Hall–Kier alpha value is -4.70. The number of aromatic amines is 1. The summed E-state index contributed by atoms with van der Waals surface area (Å²) in [5.41, 5.74) is 14.1. The molecule has 230 valence electrons. The van der Waals surface area contributed by atoms with Gasteiger partial charge < -0.3 is 32.0 Å². The van der Waals surface area contributed by atoms with E-state index in [9.17, 15) is 19.2 Å². The van der Waals surface area contributed by atoms with Crippen LogP contribution in [0.5, 0.6) is 0 Å². The molecule has 3 atom stereocenters. The average molecular weight is 597 g/mol. The Balaban J connectivity index is 1.27. The minimum Gasteiger partial charge on any atom is -0.368 e. The molecule has 4 aromatic rings. The predicted octanol–water partition coefficient (Wildman–Crippen LogP) is 2.68. The molecule has 3 aromatic carbocycles. The molecule has 10 nitrogen and oxygen atoms in total. The van der Waals surface area contributed by atoms with Crippen LogP contribution in [0, 0.1) is 0 Å². The molecule has 5 rings (SSSR count). The molecule has 0 bridgehead atoms. The zero-order chi connectivity index (χ0) is 31.1. The first-order valence-corrected chi connectivity index (χ1v) is 15.3. The molecular weight excluding hydrogens is 556 g/mol. The summed E-state index contributed by atoms with van der Waals surface area (Å²) in [5, 5.41) is 8.66. The molecule has 1 fully saturated rings. The summed E-state index contributed by atoms with van der Waals surface area (Å²) in [6.07, 6.45) is 5.00. The second kappa shape index (κ2) is 14.2. The number of nitrogens with two attached hydrogens (primary N) is 2. The van der Waals surface area contributed by atoms with Crippen molar-refractivity contribution in [1.29, 1.82) is 0 Å². The minimum atomic E-state index is -0.971. The van der Waals surface area contributed by atoms with Gasteiger partial charge in [0.25, 0.3) is 0 Å². The maximum Gasteiger partial charge on any atom is 0.243 e. The quantitative estimate of drug-likeness (QED) is 0.150. The summed E-state index contributed by atoms with van der Waals surface area (Å²) < 4.78 is 0. The molecule has 1 aliphatic heterocycles. The van der Waals surface area contributed by atoms with Crippen LogP contribution in [0.15, 0.2) is 72.9 Å². The normalized spacial score (nSPS) is 16.1. The first-order chi connectivity index (χ1) is 21.4. The summed E-state index contributed by atoms with van der Waals surface area (Å²) >= 11 is 0. The number of fused-ring (bicyclic) bond motifs is 2. The van der Waals surface area contributed by atoms with Crippen molar-refractivity contribution in [3.8, 4) is 0 Å². The second-order valence-electron chi connectivity index (χ2n) is 11.4. The van der Waals surface area contributed by atoms with Crippen molar-refractivity contribution in [2.75, 3.05) is 13.1 Å².